The van der Waals surface area contributed by atoms with Crippen molar-refractivity contribution < 1.29 is 23.9 Å². The molecule has 0 N–H and O–H groups in total. The van der Waals surface area contributed by atoms with E-state index in [0.717, 1.165) is 4.90 Å². The van der Waals surface area contributed by atoms with Crippen LogP contribution in [0, 0.1) is 0 Å². The fourth-order valence-electron chi connectivity index (χ4n) is 2.82. The number of para-hydroxylation sites is 1. The van der Waals surface area contributed by atoms with Crippen molar-refractivity contribution >= 4 is 35.1 Å². The highest BCUT2D eigenvalue weighted by atomic mass is 35.5. The summed E-state index contributed by atoms with van der Waals surface area (Å²) < 4.78 is 10.3. The van der Waals surface area contributed by atoms with Crippen LogP contribution >= 0.6 is 11.6 Å². The quantitative estimate of drug-likeness (QED) is 0.595. The predicted molar refractivity (Wildman–Crippen MR) is 90.2 cm³/mol. The molecule has 25 heavy (non-hydrogen) atoms. The van der Waals surface area contributed by atoms with E-state index in [2.05, 4.69) is 0 Å². The fraction of sp³-hybridized carbons (Fsp3) is 0.353. The largest absolute Gasteiger partial charge is 0.462 e. The van der Waals surface area contributed by atoms with Gasteiger partial charge in [0.25, 0.3) is 11.8 Å². The van der Waals surface area contributed by atoms with E-state index in [4.69, 9.17) is 21.1 Å². The van der Waals surface area contributed by atoms with E-state index >= 15 is 0 Å². The minimum Gasteiger partial charge on any atom is -0.462 e. The summed E-state index contributed by atoms with van der Waals surface area (Å²) in [4.78, 5) is 40.3. The van der Waals surface area contributed by atoms with Gasteiger partial charge in [-0.3, -0.25) is 9.59 Å². The number of amides is 2. The molecule has 1 saturated heterocycles. The maximum Gasteiger partial charge on any atom is 0.340 e. The number of esters is 1. The fourth-order valence-corrected chi connectivity index (χ4v) is 3.11. The lowest BCUT2D eigenvalue weighted by Crippen LogP contribution is -2.40. The van der Waals surface area contributed by atoms with E-state index in [-0.39, 0.29) is 28.6 Å². The summed E-state index contributed by atoms with van der Waals surface area (Å²) >= 11 is 6.16. The molecule has 0 atom stereocenters. The van der Waals surface area contributed by atoms with Gasteiger partial charge < -0.3 is 14.4 Å². The van der Waals surface area contributed by atoms with Gasteiger partial charge in [0.05, 0.1) is 31.1 Å². The third-order valence-electron chi connectivity index (χ3n) is 3.97. The van der Waals surface area contributed by atoms with Gasteiger partial charge in [0.15, 0.2) is 0 Å². The maximum absolute atomic E-state index is 12.9. The summed E-state index contributed by atoms with van der Waals surface area (Å²) in [6.07, 6.45) is 0. The molecular weight excluding hydrogens is 348 g/mol. The number of imide groups is 1. The molecule has 0 saturated carbocycles. The van der Waals surface area contributed by atoms with Crippen LogP contribution in [0.5, 0.6) is 0 Å². The van der Waals surface area contributed by atoms with Crippen molar-refractivity contribution in [1.82, 2.24) is 4.90 Å². The van der Waals surface area contributed by atoms with Crippen LogP contribution in [0.4, 0.5) is 5.69 Å². The van der Waals surface area contributed by atoms with Crippen LogP contribution < -0.4 is 4.90 Å². The van der Waals surface area contributed by atoms with E-state index in [9.17, 15) is 14.4 Å². The molecule has 1 aromatic carbocycles. The first kappa shape index (κ1) is 17.4. The average molecular weight is 365 g/mol. The Morgan fingerprint density at radius 3 is 2.56 bits per heavy atom. The second-order valence-corrected chi connectivity index (χ2v) is 5.82. The Bertz CT molecular complexity index is 755. The summed E-state index contributed by atoms with van der Waals surface area (Å²) in [6.45, 7) is 3.72. The van der Waals surface area contributed by atoms with E-state index in [0.29, 0.717) is 26.3 Å². The van der Waals surface area contributed by atoms with Crippen LogP contribution in [-0.4, -0.2) is 55.6 Å². The van der Waals surface area contributed by atoms with Gasteiger partial charge in [-0.1, -0.05) is 23.7 Å². The first-order valence-corrected chi connectivity index (χ1v) is 8.31. The number of nitrogens with zero attached hydrogens (tertiary/aromatic N) is 2. The Balaban J connectivity index is 1.96. The topological polar surface area (TPSA) is 76.2 Å². The smallest absolute Gasteiger partial charge is 0.340 e. The van der Waals surface area contributed by atoms with Crippen molar-refractivity contribution in [3.8, 4) is 0 Å². The minimum absolute atomic E-state index is 0.138. The van der Waals surface area contributed by atoms with Crippen molar-refractivity contribution in [2.45, 2.75) is 6.92 Å². The van der Waals surface area contributed by atoms with Crippen LogP contribution in [-0.2, 0) is 19.1 Å². The van der Waals surface area contributed by atoms with Crippen LogP contribution in [0.3, 0.4) is 0 Å². The summed E-state index contributed by atoms with van der Waals surface area (Å²) in [7, 11) is 0. The van der Waals surface area contributed by atoms with Gasteiger partial charge in [0.1, 0.15) is 10.7 Å². The number of anilines is 1. The van der Waals surface area contributed by atoms with Crippen LogP contribution in [0.15, 0.2) is 35.0 Å². The summed E-state index contributed by atoms with van der Waals surface area (Å²) in [5.41, 5.74) is 0.449. The molecule has 3 rings (SSSR count). The Labute approximate surface area is 149 Å². The second-order valence-electron chi connectivity index (χ2n) is 5.45. The molecule has 0 radical (unpaired) electrons. The molecule has 8 heteroatoms. The average Bonchev–Trinajstić information content (AvgIpc) is 2.85. The van der Waals surface area contributed by atoms with E-state index in [1.165, 1.54) is 12.1 Å². The monoisotopic (exact) mass is 364 g/mol. The second kappa shape index (κ2) is 7.25. The van der Waals surface area contributed by atoms with Gasteiger partial charge in [0.2, 0.25) is 0 Å². The molecule has 132 valence electrons. The van der Waals surface area contributed by atoms with Gasteiger partial charge in [-0.2, -0.15) is 0 Å². The molecule has 0 unspecified atom stereocenters. The number of halogens is 1. The van der Waals surface area contributed by atoms with Crippen molar-refractivity contribution in [2.75, 3.05) is 37.8 Å². The highest BCUT2D eigenvalue weighted by Crippen LogP contribution is 2.33. The Morgan fingerprint density at radius 1 is 1.20 bits per heavy atom. The molecular formula is C17H17ClN2O5. The van der Waals surface area contributed by atoms with Crippen LogP contribution in [0.2, 0.25) is 0 Å². The Morgan fingerprint density at radius 2 is 1.88 bits per heavy atom. The summed E-state index contributed by atoms with van der Waals surface area (Å²) in [5.74, 6) is -1.80. The van der Waals surface area contributed by atoms with Crippen LogP contribution in [0.25, 0.3) is 0 Å². The summed E-state index contributed by atoms with van der Waals surface area (Å²) in [5, 5.41) is -0.148. The molecule has 2 aliphatic heterocycles. The minimum atomic E-state index is -0.648. The van der Waals surface area contributed by atoms with Crippen molar-refractivity contribution in [1.29, 1.82) is 0 Å². The molecule has 2 aliphatic rings. The molecule has 1 fully saturated rings. The molecule has 0 spiro atoms. The number of morpholine rings is 1. The standard InChI is InChI=1S/C17H17ClN2O5/c1-2-25-17(23)11-5-3-4-6-12(11)20-15(21)13(18)14(16(20)22)19-7-9-24-10-8-19/h3-6H,2,7-10H2,1H3. The number of hydrogen-bond acceptors (Lipinski definition) is 6. The molecule has 0 bridgehead atoms. The van der Waals surface area contributed by atoms with Gasteiger partial charge in [-0.15, -0.1) is 0 Å². The van der Waals surface area contributed by atoms with Crippen molar-refractivity contribution in [3.05, 3.63) is 40.6 Å². The van der Waals surface area contributed by atoms with Crippen molar-refractivity contribution in [2.24, 2.45) is 0 Å². The van der Waals surface area contributed by atoms with E-state index < -0.39 is 17.8 Å². The molecule has 0 aromatic heterocycles. The lowest BCUT2D eigenvalue weighted by molar-refractivity contribution is -0.121. The van der Waals surface area contributed by atoms with Gasteiger partial charge in [-0.05, 0) is 19.1 Å². The highest BCUT2D eigenvalue weighted by Gasteiger charge is 2.42. The van der Waals surface area contributed by atoms with E-state index in [1.54, 1.807) is 24.0 Å². The highest BCUT2D eigenvalue weighted by molar-refractivity contribution is 6.52. The summed E-state index contributed by atoms with van der Waals surface area (Å²) in [6, 6.07) is 6.31. The molecule has 1 aromatic rings. The molecule has 0 aliphatic carbocycles. The predicted octanol–water partition coefficient (Wildman–Crippen LogP) is 1.52. The number of rotatable bonds is 4. The molecule has 2 heterocycles. The zero-order valence-corrected chi connectivity index (χ0v) is 14.4. The number of carbonyl (C=O) groups excluding carboxylic acids is 3. The third-order valence-corrected chi connectivity index (χ3v) is 4.31. The lowest BCUT2D eigenvalue weighted by Gasteiger charge is -2.29. The first-order chi connectivity index (χ1) is 12.1. The first-order valence-electron chi connectivity index (χ1n) is 7.93. The molecule has 2 amide bonds. The lowest BCUT2D eigenvalue weighted by atomic mass is 10.1. The van der Waals surface area contributed by atoms with Gasteiger partial charge in [0, 0.05) is 13.1 Å². The maximum atomic E-state index is 12.9. The number of ether oxygens (including phenoxy) is 2. The molecule has 7 nitrogen and oxygen atoms in total. The zero-order valence-electron chi connectivity index (χ0n) is 13.7. The van der Waals surface area contributed by atoms with E-state index in [1.807, 2.05) is 0 Å². The zero-order chi connectivity index (χ0) is 18.0. The Hall–Kier alpha value is -2.38. The Kier molecular flexibility index (Phi) is 5.06. The third kappa shape index (κ3) is 3.12. The number of hydrogen-bond donors (Lipinski definition) is 0. The normalized spacial score (nSPS) is 18.2. The van der Waals surface area contributed by atoms with Crippen LogP contribution in [0.1, 0.15) is 17.3 Å². The van der Waals surface area contributed by atoms with Crippen molar-refractivity contribution in [3.63, 3.8) is 0 Å². The van der Waals surface area contributed by atoms with Gasteiger partial charge >= 0.3 is 5.97 Å². The number of benzene rings is 1. The number of carbonyl (C=O) groups is 3. The van der Waals surface area contributed by atoms with Gasteiger partial charge in [-0.25, -0.2) is 9.69 Å². The SMILES string of the molecule is CCOC(=O)c1ccccc1N1C(=O)C(Cl)=C(N2CCOCC2)C1=O.